The van der Waals surface area contributed by atoms with Crippen LogP contribution < -0.4 is 5.32 Å². The molecule has 1 aromatic heterocycles. The molecule has 1 amide bonds. The number of nitrogens with one attached hydrogen (secondary N) is 1. The van der Waals surface area contributed by atoms with Gasteiger partial charge in [-0.05, 0) is 31.3 Å². The maximum Gasteiger partial charge on any atom is 0.258 e. The van der Waals surface area contributed by atoms with Crippen LogP contribution in [0, 0.1) is 6.92 Å². The molecule has 1 saturated carbocycles. The average Bonchev–Trinajstić information content (AvgIpc) is 2.94. The van der Waals surface area contributed by atoms with Crippen molar-refractivity contribution >= 4 is 22.4 Å². The largest absolute Gasteiger partial charge is 0.388 e. The lowest BCUT2D eigenvalue weighted by molar-refractivity contribution is 0.0157. The van der Waals surface area contributed by atoms with Crippen molar-refractivity contribution in [2.75, 3.05) is 26.0 Å². The number of amides is 1. The van der Waals surface area contributed by atoms with E-state index in [1.165, 1.54) is 11.5 Å². The molecule has 0 saturated heterocycles. The molecule has 5 nitrogen and oxygen atoms in total. The van der Waals surface area contributed by atoms with Crippen LogP contribution in [0.25, 0.3) is 0 Å². The van der Waals surface area contributed by atoms with Crippen LogP contribution in [0.4, 0.5) is 5.00 Å². The van der Waals surface area contributed by atoms with E-state index in [0.29, 0.717) is 12.1 Å². The van der Waals surface area contributed by atoms with E-state index in [2.05, 4.69) is 9.69 Å². The van der Waals surface area contributed by atoms with Crippen LogP contribution in [0.1, 0.15) is 41.7 Å². The molecule has 1 fully saturated rings. The zero-order chi connectivity index (χ0) is 14.0. The second-order valence-corrected chi connectivity index (χ2v) is 6.09. The zero-order valence-electron chi connectivity index (χ0n) is 11.7. The summed E-state index contributed by atoms with van der Waals surface area (Å²) in [5.41, 5.74) is 0.655. The van der Waals surface area contributed by atoms with Crippen molar-refractivity contribution < 1.29 is 9.90 Å². The van der Waals surface area contributed by atoms with Crippen LogP contribution in [0.15, 0.2) is 0 Å². The van der Waals surface area contributed by atoms with Crippen LogP contribution in [-0.4, -0.2) is 46.5 Å². The standard InChI is InChI=1S/C13H21N3O2S/c1-9-10(11(14-2)19-15-9)12(17)16(3)8-13(18)6-4-5-7-13/h14,18H,4-8H2,1-3H3. The molecule has 0 aromatic carbocycles. The quantitative estimate of drug-likeness (QED) is 0.885. The van der Waals surface area contributed by atoms with Crippen LogP contribution in [0.5, 0.6) is 0 Å². The lowest BCUT2D eigenvalue weighted by Gasteiger charge is -2.28. The highest BCUT2D eigenvalue weighted by atomic mass is 32.1. The first kappa shape index (κ1) is 14.3. The number of nitrogens with zero attached hydrogens (tertiary/aromatic N) is 2. The molecular formula is C13H21N3O2S. The molecular weight excluding hydrogens is 262 g/mol. The number of anilines is 1. The van der Waals surface area contributed by atoms with Gasteiger partial charge in [0.15, 0.2) is 0 Å². The number of hydrogen-bond donors (Lipinski definition) is 2. The van der Waals surface area contributed by atoms with Crippen LogP contribution in [0.3, 0.4) is 0 Å². The molecule has 19 heavy (non-hydrogen) atoms. The first-order chi connectivity index (χ1) is 8.97. The van der Waals surface area contributed by atoms with Gasteiger partial charge < -0.3 is 15.3 Å². The van der Waals surface area contributed by atoms with Gasteiger partial charge >= 0.3 is 0 Å². The molecule has 1 aliphatic rings. The van der Waals surface area contributed by atoms with Crippen molar-refractivity contribution in [2.45, 2.75) is 38.2 Å². The van der Waals surface area contributed by atoms with Gasteiger partial charge in [0, 0.05) is 20.6 Å². The van der Waals surface area contributed by atoms with Gasteiger partial charge in [-0.3, -0.25) is 4.79 Å². The highest BCUT2D eigenvalue weighted by molar-refractivity contribution is 7.10. The Morgan fingerprint density at radius 2 is 2.16 bits per heavy atom. The second kappa shape index (κ2) is 5.46. The molecule has 1 aromatic rings. The fraction of sp³-hybridized carbons (Fsp3) is 0.692. The van der Waals surface area contributed by atoms with E-state index in [1.54, 1.807) is 19.0 Å². The van der Waals surface area contributed by atoms with E-state index in [-0.39, 0.29) is 5.91 Å². The fourth-order valence-corrected chi connectivity index (χ4v) is 3.42. The predicted molar refractivity (Wildman–Crippen MR) is 76.8 cm³/mol. The van der Waals surface area contributed by atoms with E-state index >= 15 is 0 Å². The summed E-state index contributed by atoms with van der Waals surface area (Å²) in [6.45, 7) is 2.23. The maximum atomic E-state index is 12.5. The van der Waals surface area contributed by atoms with Crippen molar-refractivity contribution in [1.29, 1.82) is 0 Å². The maximum absolute atomic E-state index is 12.5. The van der Waals surface area contributed by atoms with Gasteiger partial charge in [-0.15, -0.1) is 0 Å². The first-order valence-corrected chi connectivity index (χ1v) is 7.36. The molecule has 6 heteroatoms. The summed E-state index contributed by atoms with van der Waals surface area (Å²) in [5.74, 6) is -0.0732. The van der Waals surface area contributed by atoms with Crippen LogP contribution >= 0.6 is 11.5 Å². The Bertz CT molecular complexity index is 466. The van der Waals surface area contributed by atoms with Gasteiger partial charge in [-0.2, -0.15) is 4.37 Å². The first-order valence-electron chi connectivity index (χ1n) is 6.59. The topological polar surface area (TPSA) is 65.5 Å². The van der Waals surface area contributed by atoms with E-state index < -0.39 is 5.60 Å². The molecule has 2 N–H and O–H groups in total. The van der Waals surface area contributed by atoms with E-state index in [0.717, 1.165) is 36.4 Å². The third kappa shape index (κ3) is 2.90. The minimum absolute atomic E-state index is 0.0732. The molecule has 0 radical (unpaired) electrons. The Morgan fingerprint density at radius 3 is 2.74 bits per heavy atom. The molecule has 2 rings (SSSR count). The van der Waals surface area contributed by atoms with Gasteiger partial charge in [-0.25, -0.2) is 0 Å². The van der Waals surface area contributed by atoms with Crippen LogP contribution in [-0.2, 0) is 0 Å². The fourth-order valence-electron chi connectivity index (χ4n) is 2.69. The summed E-state index contributed by atoms with van der Waals surface area (Å²) in [6.07, 6.45) is 3.65. The summed E-state index contributed by atoms with van der Waals surface area (Å²) in [4.78, 5) is 14.1. The number of rotatable bonds is 4. The number of aryl methyl sites for hydroxylation is 1. The predicted octanol–water partition coefficient (Wildman–Crippen LogP) is 1.87. The van der Waals surface area contributed by atoms with E-state index in [4.69, 9.17) is 0 Å². The number of likely N-dealkylation sites (N-methyl/N-ethyl adjacent to an activating group) is 1. The molecule has 0 atom stereocenters. The molecule has 0 aliphatic heterocycles. The van der Waals surface area contributed by atoms with Crippen molar-refractivity contribution in [3.05, 3.63) is 11.3 Å². The van der Waals surface area contributed by atoms with Gasteiger partial charge in [0.1, 0.15) is 5.00 Å². The van der Waals surface area contributed by atoms with E-state index in [1.807, 2.05) is 6.92 Å². The highest BCUT2D eigenvalue weighted by Crippen LogP contribution is 2.31. The molecule has 1 heterocycles. The Kier molecular flexibility index (Phi) is 4.10. The Labute approximate surface area is 117 Å². The summed E-state index contributed by atoms with van der Waals surface area (Å²) >= 11 is 1.29. The third-order valence-electron chi connectivity index (χ3n) is 3.72. The molecule has 0 unspecified atom stereocenters. The minimum Gasteiger partial charge on any atom is -0.388 e. The number of aliphatic hydroxyl groups is 1. The van der Waals surface area contributed by atoms with Crippen LogP contribution in [0.2, 0.25) is 0 Å². The monoisotopic (exact) mass is 283 g/mol. The molecule has 1 aliphatic carbocycles. The van der Waals surface area contributed by atoms with Crippen molar-refractivity contribution in [2.24, 2.45) is 0 Å². The van der Waals surface area contributed by atoms with Crippen molar-refractivity contribution in [1.82, 2.24) is 9.27 Å². The smallest absolute Gasteiger partial charge is 0.258 e. The Morgan fingerprint density at radius 1 is 1.53 bits per heavy atom. The summed E-state index contributed by atoms with van der Waals surface area (Å²) in [6, 6.07) is 0. The molecule has 0 bridgehead atoms. The number of aromatic nitrogens is 1. The van der Waals surface area contributed by atoms with Crippen molar-refractivity contribution in [3.8, 4) is 0 Å². The van der Waals surface area contributed by atoms with E-state index in [9.17, 15) is 9.90 Å². The lowest BCUT2D eigenvalue weighted by Crippen LogP contribution is -2.42. The highest BCUT2D eigenvalue weighted by Gasteiger charge is 2.34. The molecule has 0 spiro atoms. The minimum atomic E-state index is -0.707. The number of hydrogen-bond acceptors (Lipinski definition) is 5. The van der Waals surface area contributed by atoms with Crippen molar-refractivity contribution in [3.63, 3.8) is 0 Å². The Balaban J connectivity index is 2.12. The summed E-state index contributed by atoms with van der Waals surface area (Å²) in [7, 11) is 3.53. The summed E-state index contributed by atoms with van der Waals surface area (Å²) < 4.78 is 4.21. The molecule has 106 valence electrons. The third-order valence-corrected chi connectivity index (χ3v) is 4.67. The SMILES string of the molecule is CNc1snc(C)c1C(=O)N(C)CC1(O)CCCC1. The summed E-state index contributed by atoms with van der Waals surface area (Å²) in [5, 5.41) is 14.2. The second-order valence-electron chi connectivity index (χ2n) is 5.31. The average molecular weight is 283 g/mol. The normalized spacial score (nSPS) is 17.5. The Hall–Kier alpha value is -1.14. The van der Waals surface area contributed by atoms with Gasteiger partial charge in [-0.1, -0.05) is 12.8 Å². The number of carbonyl (C=O) groups is 1. The van der Waals surface area contributed by atoms with Gasteiger partial charge in [0.05, 0.1) is 16.9 Å². The lowest BCUT2D eigenvalue weighted by atomic mass is 10.0. The van der Waals surface area contributed by atoms with Gasteiger partial charge in [0.2, 0.25) is 0 Å². The van der Waals surface area contributed by atoms with Gasteiger partial charge in [0.25, 0.3) is 5.91 Å². The number of carbonyl (C=O) groups excluding carboxylic acids is 1. The zero-order valence-corrected chi connectivity index (χ0v) is 12.5.